The molecule has 0 unspecified atom stereocenters. The zero-order valence-corrected chi connectivity index (χ0v) is 14.4. The summed E-state index contributed by atoms with van der Waals surface area (Å²) in [7, 11) is 1.83. The zero-order valence-electron chi connectivity index (χ0n) is 13.6. The quantitative estimate of drug-likeness (QED) is 0.718. The molecule has 1 aliphatic rings. The van der Waals surface area contributed by atoms with Crippen LogP contribution < -0.4 is 4.90 Å². The number of nitrogens with zero attached hydrogens (tertiary/aromatic N) is 5. The van der Waals surface area contributed by atoms with Crippen molar-refractivity contribution in [3.8, 4) is 0 Å². The molecule has 0 N–H and O–H groups in total. The van der Waals surface area contributed by atoms with Crippen LogP contribution in [0.25, 0.3) is 10.1 Å². The Morgan fingerprint density at radius 3 is 2.92 bits per heavy atom. The lowest BCUT2D eigenvalue weighted by Gasteiger charge is -2.23. The fraction of sp³-hybridized carbons (Fsp3) is 0.353. The lowest BCUT2D eigenvalue weighted by Crippen LogP contribution is -2.35. The highest BCUT2D eigenvalue weighted by atomic mass is 32.1. The summed E-state index contributed by atoms with van der Waals surface area (Å²) in [6.07, 6.45) is 4.61. The third-order valence-electron chi connectivity index (χ3n) is 4.37. The molecule has 3 aromatic heterocycles. The molecule has 0 bridgehead atoms. The second-order valence-corrected chi connectivity index (χ2v) is 6.92. The first-order chi connectivity index (χ1) is 11.7. The number of pyridine rings is 1. The van der Waals surface area contributed by atoms with Gasteiger partial charge in [-0.3, -0.25) is 9.48 Å². The van der Waals surface area contributed by atoms with Gasteiger partial charge in [0, 0.05) is 55.7 Å². The number of fused-ring (bicyclic) bond motifs is 1. The van der Waals surface area contributed by atoms with Crippen LogP contribution in [0.5, 0.6) is 0 Å². The summed E-state index contributed by atoms with van der Waals surface area (Å²) >= 11 is 1.73. The molecule has 0 aromatic carbocycles. The number of carbonyl (C=O) groups is 1. The van der Waals surface area contributed by atoms with Crippen LogP contribution >= 0.6 is 11.3 Å². The van der Waals surface area contributed by atoms with Gasteiger partial charge in [-0.2, -0.15) is 5.10 Å². The molecule has 1 amide bonds. The highest BCUT2D eigenvalue weighted by Crippen LogP contribution is 2.29. The van der Waals surface area contributed by atoms with Gasteiger partial charge in [-0.15, -0.1) is 11.3 Å². The average Bonchev–Trinajstić information content (AvgIpc) is 3.17. The lowest BCUT2D eigenvalue weighted by molar-refractivity contribution is 0.0760. The maximum absolute atomic E-state index is 12.6. The maximum atomic E-state index is 12.6. The van der Waals surface area contributed by atoms with E-state index in [0.29, 0.717) is 12.2 Å². The molecule has 1 fully saturated rings. The van der Waals surface area contributed by atoms with Gasteiger partial charge in [0.15, 0.2) is 0 Å². The third kappa shape index (κ3) is 2.75. The predicted octanol–water partition coefficient (Wildman–Crippen LogP) is 2.38. The van der Waals surface area contributed by atoms with Crippen LogP contribution in [0.2, 0.25) is 0 Å². The molecule has 4 heterocycles. The van der Waals surface area contributed by atoms with Crippen molar-refractivity contribution in [1.29, 1.82) is 0 Å². The Kier molecular flexibility index (Phi) is 3.93. The summed E-state index contributed by atoms with van der Waals surface area (Å²) in [5, 5.41) is 7.53. The minimum Gasteiger partial charge on any atom is -0.354 e. The molecule has 0 saturated carbocycles. The SMILES string of the molecule is Cn1ccc(C(=O)N2CCCN(c3nccc4sccc34)CC2)n1. The van der Waals surface area contributed by atoms with E-state index < -0.39 is 0 Å². The first-order valence-corrected chi connectivity index (χ1v) is 8.96. The molecule has 6 nitrogen and oxygen atoms in total. The van der Waals surface area contributed by atoms with Gasteiger partial charge in [0.1, 0.15) is 11.5 Å². The molecule has 24 heavy (non-hydrogen) atoms. The van der Waals surface area contributed by atoms with E-state index in [-0.39, 0.29) is 5.91 Å². The van der Waals surface area contributed by atoms with E-state index in [1.165, 1.54) is 10.1 Å². The number of hydrogen-bond acceptors (Lipinski definition) is 5. The Labute approximate surface area is 144 Å². The normalized spacial score (nSPS) is 15.7. The van der Waals surface area contributed by atoms with Gasteiger partial charge < -0.3 is 9.80 Å². The fourth-order valence-electron chi connectivity index (χ4n) is 3.16. The van der Waals surface area contributed by atoms with Gasteiger partial charge in [-0.05, 0) is 30.0 Å². The number of rotatable bonds is 2. The molecule has 1 aliphatic heterocycles. The fourth-order valence-corrected chi connectivity index (χ4v) is 3.93. The molecular weight excluding hydrogens is 322 g/mol. The highest BCUT2D eigenvalue weighted by Gasteiger charge is 2.23. The van der Waals surface area contributed by atoms with Crippen molar-refractivity contribution in [2.75, 3.05) is 31.1 Å². The molecule has 1 saturated heterocycles. The molecule has 0 atom stereocenters. The van der Waals surface area contributed by atoms with Crippen LogP contribution in [-0.4, -0.2) is 51.8 Å². The number of thiophene rings is 1. The molecular formula is C17H19N5OS. The molecule has 4 rings (SSSR count). The van der Waals surface area contributed by atoms with Crippen molar-refractivity contribution in [3.05, 3.63) is 41.7 Å². The van der Waals surface area contributed by atoms with E-state index in [0.717, 1.165) is 31.9 Å². The molecule has 124 valence electrons. The number of carbonyl (C=O) groups excluding carboxylic acids is 1. The minimum absolute atomic E-state index is 0.0131. The van der Waals surface area contributed by atoms with Crippen molar-refractivity contribution in [3.63, 3.8) is 0 Å². The minimum atomic E-state index is 0.0131. The number of hydrogen-bond donors (Lipinski definition) is 0. The Hall–Kier alpha value is -2.41. The zero-order chi connectivity index (χ0) is 16.5. The van der Waals surface area contributed by atoms with Crippen molar-refractivity contribution in [2.24, 2.45) is 7.05 Å². The number of aryl methyl sites for hydroxylation is 1. The van der Waals surface area contributed by atoms with Crippen molar-refractivity contribution in [2.45, 2.75) is 6.42 Å². The maximum Gasteiger partial charge on any atom is 0.274 e. The van der Waals surface area contributed by atoms with Crippen molar-refractivity contribution < 1.29 is 4.79 Å². The number of aromatic nitrogens is 3. The van der Waals surface area contributed by atoms with Gasteiger partial charge in [0.2, 0.25) is 0 Å². The molecule has 7 heteroatoms. The van der Waals surface area contributed by atoms with Crippen LogP contribution in [0.1, 0.15) is 16.9 Å². The summed E-state index contributed by atoms with van der Waals surface area (Å²) in [6.45, 7) is 3.15. The summed E-state index contributed by atoms with van der Waals surface area (Å²) in [5.41, 5.74) is 0.518. The third-order valence-corrected chi connectivity index (χ3v) is 5.26. The van der Waals surface area contributed by atoms with Crippen LogP contribution in [0.15, 0.2) is 36.0 Å². The van der Waals surface area contributed by atoms with Crippen LogP contribution in [-0.2, 0) is 7.05 Å². The number of anilines is 1. The first kappa shape index (κ1) is 15.1. The summed E-state index contributed by atoms with van der Waals surface area (Å²) < 4.78 is 2.92. The standard InChI is InChI=1S/C17H19N5OS/c1-20-9-4-14(19-20)17(23)22-8-2-7-21(10-11-22)16-13-5-12-24-15(13)3-6-18-16/h3-6,9,12H,2,7-8,10-11H2,1H3. The second kappa shape index (κ2) is 6.24. The molecule has 0 radical (unpaired) electrons. The van der Waals surface area contributed by atoms with Gasteiger partial charge in [0.05, 0.1) is 0 Å². The Bertz CT molecular complexity index is 871. The lowest BCUT2D eigenvalue weighted by atomic mass is 10.3. The van der Waals surface area contributed by atoms with Crippen molar-refractivity contribution in [1.82, 2.24) is 19.7 Å². The topological polar surface area (TPSA) is 54.3 Å². The predicted molar refractivity (Wildman–Crippen MR) is 95.6 cm³/mol. The van der Waals surface area contributed by atoms with E-state index in [2.05, 4.69) is 32.5 Å². The summed E-state index contributed by atoms with van der Waals surface area (Å²) in [6, 6.07) is 5.96. The largest absolute Gasteiger partial charge is 0.354 e. The van der Waals surface area contributed by atoms with Crippen LogP contribution in [0, 0.1) is 0 Å². The van der Waals surface area contributed by atoms with Crippen LogP contribution in [0.3, 0.4) is 0 Å². The Morgan fingerprint density at radius 1 is 1.17 bits per heavy atom. The molecule has 0 aliphatic carbocycles. The van der Waals surface area contributed by atoms with Gasteiger partial charge in [-0.1, -0.05) is 0 Å². The van der Waals surface area contributed by atoms with Gasteiger partial charge in [-0.25, -0.2) is 4.98 Å². The first-order valence-electron chi connectivity index (χ1n) is 8.08. The smallest absolute Gasteiger partial charge is 0.274 e. The molecule has 3 aromatic rings. The van der Waals surface area contributed by atoms with E-state index in [9.17, 15) is 4.79 Å². The second-order valence-electron chi connectivity index (χ2n) is 5.97. The van der Waals surface area contributed by atoms with Gasteiger partial charge >= 0.3 is 0 Å². The summed E-state index contributed by atoms with van der Waals surface area (Å²) in [5.74, 6) is 1.04. The van der Waals surface area contributed by atoms with Gasteiger partial charge in [0.25, 0.3) is 5.91 Å². The van der Waals surface area contributed by atoms with E-state index in [1.807, 2.05) is 18.1 Å². The Balaban J connectivity index is 1.52. The molecule has 0 spiro atoms. The van der Waals surface area contributed by atoms with Crippen molar-refractivity contribution >= 4 is 33.1 Å². The summed E-state index contributed by atoms with van der Waals surface area (Å²) in [4.78, 5) is 21.4. The van der Waals surface area contributed by atoms with E-state index in [1.54, 1.807) is 28.3 Å². The monoisotopic (exact) mass is 341 g/mol. The average molecular weight is 341 g/mol. The number of amides is 1. The highest BCUT2D eigenvalue weighted by molar-refractivity contribution is 7.17. The van der Waals surface area contributed by atoms with Crippen LogP contribution in [0.4, 0.5) is 5.82 Å². The Morgan fingerprint density at radius 2 is 2.08 bits per heavy atom. The van der Waals surface area contributed by atoms with E-state index in [4.69, 9.17) is 0 Å². The van der Waals surface area contributed by atoms with E-state index >= 15 is 0 Å².